The van der Waals surface area contributed by atoms with Crippen LogP contribution in [-0.2, 0) is 0 Å². The fraction of sp³-hybridized carbons (Fsp3) is 0.200. The van der Waals surface area contributed by atoms with E-state index in [0.29, 0.717) is 0 Å². The maximum Gasteiger partial charge on any atom is 0.0357 e. The summed E-state index contributed by atoms with van der Waals surface area (Å²) in [5, 5.41) is 1.41. The average molecular weight is 320 g/mol. The van der Waals surface area contributed by atoms with Gasteiger partial charge in [0.05, 0.1) is 0 Å². The molecule has 0 unspecified atom stereocenters. The van der Waals surface area contributed by atoms with E-state index in [0.717, 1.165) is 0 Å². The molecular weight excluding hydrogens is 311 g/mol. The molecule has 68 valence electrons. The highest BCUT2D eigenvalue weighted by Crippen LogP contribution is 2.33. The summed E-state index contributed by atoms with van der Waals surface area (Å²) in [6.45, 7) is 2.19. The lowest BCUT2D eigenvalue weighted by Crippen LogP contribution is -1.71. The molecule has 1 aromatic carbocycles. The van der Waals surface area contributed by atoms with Gasteiger partial charge < -0.3 is 0 Å². The van der Waals surface area contributed by atoms with Crippen LogP contribution in [0.25, 0.3) is 10.1 Å². The third kappa shape index (κ3) is 1.74. The molecule has 3 heteroatoms. The third-order valence-electron chi connectivity index (χ3n) is 2.00. The Labute approximate surface area is 99.9 Å². The number of hydrogen-bond acceptors (Lipinski definition) is 2. The summed E-state index contributed by atoms with van der Waals surface area (Å²) in [7, 11) is 0. The van der Waals surface area contributed by atoms with Gasteiger partial charge in [-0.3, -0.25) is 0 Å². The molecule has 2 aromatic rings. The molecule has 0 aliphatic carbocycles. The Morgan fingerprint density at radius 3 is 2.85 bits per heavy atom. The molecular formula is C10H9IS2. The topological polar surface area (TPSA) is 0 Å². The van der Waals surface area contributed by atoms with Crippen LogP contribution in [0.5, 0.6) is 0 Å². The molecule has 0 saturated heterocycles. The van der Waals surface area contributed by atoms with Crippen LogP contribution < -0.4 is 0 Å². The minimum Gasteiger partial charge on any atom is -0.139 e. The molecule has 0 spiro atoms. The Hall–Kier alpha value is 0.260. The number of rotatable bonds is 1. The first-order valence-corrected chi connectivity index (χ1v) is 7.07. The van der Waals surface area contributed by atoms with Gasteiger partial charge in [0.2, 0.25) is 0 Å². The van der Waals surface area contributed by atoms with Crippen LogP contribution in [-0.4, -0.2) is 6.26 Å². The second kappa shape index (κ2) is 3.79. The number of fused-ring (bicyclic) bond motifs is 1. The molecule has 0 radical (unpaired) electrons. The molecule has 13 heavy (non-hydrogen) atoms. The van der Waals surface area contributed by atoms with Crippen molar-refractivity contribution in [2.45, 2.75) is 11.8 Å². The van der Waals surface area contributed by atoms with Gasteiger partial charge in [-0.1, -0.05) is 0 Å². The summed E-state index contributed by atoms with van der Waals surface area (Å²) in [6.07, 6.45) is 2.12. The van der Waals surface area contributed by atoms with E-state index in [1.807, 2.05) is 11.3 Å². The van der Waals surface area contributed by atoms with E-state index >= 15 is 0 Å². The summed E-state index contributed by atoms with van der Waals surface area (Å²) in [6, 6.07) is 6.70. The molecule has 0 saturated carbocycles. The lowest BCUT2D eigenvalue weighted by atomic mass is 10.2. The highest BCUT2D eigenvalue weighted by Gasteiger charge is 2.05. The smallest absolute Gasteiger partial charge is 0.0357 e. The number of aryl methyl sites for hydroxylation is 1. The van der Waals surface area contributed by atoms with E-state index in [9.17, 15) is 0 Å². The lowest BCUT2D eigenvalue weighted by Gasteiger charge is -1.95. The standard InChI is InChI=1S/C10H9IS2/c1-6-10(11)8-5-7(12-2)3-4-9(8)13-6/h3-5H,1-2H3. The van der Waals surface area contributed by atoms with Crippen LogP contribution >= 0.6 is 45.7 Å². The quantitative estimate of drug-likeness (QED) is 0.549. The molecule has 1 aromatic heterocycles. The predicted molar refractivity (Wildman–Crippen MR) is 71.1 cm³/mol. The van der Waals surface area contributed by atoms with Gasteiger partial charge in [-0.15, -0.1) is 23.1 Å². The van der Waals surface area contributed by atoms with Crippen LogP contribution in [0, 0.1) is 10.5 Å². The first-order chi connectivity index (χ1) is 6.22. The summed E-state index contributed by atoms with van der Waals surface area (Å²) in [4.78, 5) is 2.78. The second-order valence-corrected chi connectivity index (χ2v) is 6.05. The fourth-order valence-electron chi connectivity index (χ4n) is 1.30. The summed E-state index contributed by atoms with van der Waals surface area (Å²) >= 11 is 6.12. The van der Waals surface area contributed by atoms with Crippen LogP contribution in [0.4, 0.5) is 0 Å². The van der Waals surface area contributed by atoms with Crippen molar-refractivity contribution in [3.63, 3.8) is 0 Å². The van der Waals surface area contributed by atoms with Gasteiger partial charge >= 0.3 is 0 Å². The molecule has 0 amide bonds. The van der Waals surface area contributed by atoms with Crippen LogP contribution in [0.3, 0.4) is 0 Å². The molecule has 1 heterocycles. The Balaban J connectivity index is 2.75. The summed E-state index contributed by atoms with van der Waals surface area (Å²) in [5.41, 5.74) is 0. The first kappa shape index (κ1) is 9.80. The van der Waals surface area contributed by atoms with Crippen molar-refractivity contribution >= 4 is 55.8 Å². The molecule has 0 N–H and O–H groups in total. The van der Waals surface area contributed by atoms with Gasteiger partial charge in [0.25, 0.3) is 0 Å². The second-order valence-electron chi connectivity index (χ2n) is 2.83. The molecule has 0 nitrogen and oxygen atoms in total. The van der Waals surface area contributed by atoms with Gasteiger partial charge in [0.1, 0.15) is 0 Å². The van der Waals surface area contributed by atoms with Gasteiger partial charge in [0.15, 0.2) is 0 Å². The van der Waals surface area contributed by atoms with E-state index in [2.05, 4.69) is 54.0 Å². The minimum atomic E-state index is 1.35. The molecule has 0 atom stereocenters. The Morgan fingerprint density at radius 1 is 1.38 bits per heavy atom. The highest BCUT2D eigenvalue weighted by molar-refractivity contribution is 14.1. The number of benzene rings is 1. The van der Waals surface area contributed by atoms with Gasteiger partial charge in [-0.2, -0.15) is 0 Å². The van der Waals surface area contributed by atoms with Crippen molar-refractivity contribution in [2.24, 2.45) is 0 Å². The molecule has 0 bridgehead atoms. The van der Waals surface area contributed by atoms with E-state index in [-0.39, 0.29) is 0 Å². The average Bonchev–Trinajstić information content (AvgIpc) is 2.43. The van der Waals surface area contributed by atoms with Crippen molar-refractivity contribution < 1.29 is 0 Å². The monoisotopic (exact) mass is 320 g/mol. The molecule has 2 rings (SSSR count). The van der Waals surface area contributed by atoms with Crippen molar-refractivity contribution in [3.8, 4) is 0 Å². The van der Waals surface area contributed by atoms with E-state index < -0.39 is 0 Å². The minimum absolute atomic E-state index is 1.35. The predicted octanol–water partition coefficient (Wildman–Crippen LogP) is 4.54. The van der Waals surface area contributed by atoms with Gasteiger partial charge in [-0.05, 0) is 54.0 Å². The zero-order valence-electron chi connectivity index (χ0n) is 7.43. The fourth-order valence-corrected chi connectivity index (χ4v) is 3.63. The van der Waals surface area contributed by atoms with Crippen molar-refractivity contribution in [1.82, 2.24) is 0 Å². The Morgan fingerprint density at radius 2 is 2.15 bits per heavy atom. The number of hydrogen-bond donors (Lipinski definition) is 0. The summed E-state index contributed by atoms with van der Waals surface area (Å²) < 4.78 is 2.81. The molecule has 0 fully saturated rings. The van der Waals surface area contributed by atoms with Crippen molar-refractivity contribution in [1.29, 1.82) is 0 Å². The third-order valence-corrected chi connectivity index (χ3v) is 5.56. The molecule has 0 aliphatic rings. The van der Waals surface area contributed by atoms with Crippen LogP contribution in [0.2, 0.25) is 0 Å². The van der Waals surface area contributed by atoms with E-state index in [4.69, 9.17) is 0 Å². The zero-order chi connectivity index (χ0) is 9.42. The number of thiophene rings is 1. The van der Waals surface area contributed by atoms with Crippen molar-refractivity contribution in [2.75, 3.05) is 6.26 Å². The van der Waals surface area contributed by atoms with Gasteiger partial charge in [0, 0.05) is 23.4 Å². The molecule has 0 aliphatic heterocycles. The first-order valence-electron chi connectivity index (χ1n) is 3.95. The SMILES string of the molecule is CSc1ccc2sc(C)c(I)c2c1. The zero-order valence-corrected chi connectivity index (χ0v) is 11.2. The maximum absolute atomic E-state index is 2.43. The van der Waals surface area contributed by atoms with E-state index in [1.165, 1.54) is 23.4 Å². The number of thioether (sulfide) groups is 1. The Bertz CT molecular complexity index is 445. The summed E-state index contributed by atoms with van der Waals surface area (Å²) in [5.74, 6) is 0. The largest absolute Gasteiger partial charge is 0.139 e. The Kier molecular flexibility index (Phi) is 2.86. The van der Waals surface area contributed by atoms with Gasteiger partial charge in [-0.25, -0.2) is 0 Å². The van der Waals surface area contributed by atoms with Crippen LogP contribution in [0.15, 0.2) is 23.1 Å². The normalized spacial score (nSPS) is 11.0. The lowest BCUT2D eigenvalue weighted by molar-refractivity contribution is 1.51. The maximum atomic E-state index is 2.43. The number of halogens is 1. The van der Waals surface area contributed by atoms with E-state index in [1.54, 1.807) is 11.8 Å². The van der Waals surface area contributed by atoms with Crippen LogP contribution in [0.1, 0.15) is 4.88 Å². The van der Waals surface area contributed by atoms with Crippen molar-refractivity contribution in [3.05, 3.63) is 26.6 Å². The highest BCUT2D eigenvalue weighted by atomic mass is 127.